The maximum Gasteiger partial charge on any atom is 0.276 e. The molecule has 0 saturated heterocycles. The second-order valence-corrected chi connectivity index (χ2v) is 8.82. The van der Waals surface area contributed by atoms with E-state index in [9.17, 15) is 14.0 Å². The Labute approximate surface area is 188 Å². The summed E-state index contributed by atoms with van der Waals surface area (Å²) in [5.74, 6) is -0.930. The summed E-state index contributed by atoms with van der Waals surface area (Å²) in [5, 5.41) is 5.20. The molecular weight excluding hydrogens is 468 g/mol. The number of rotatable bonds is 5. The molecule has 4 rings (SSSR count). The van der Waals surface area contributed by atoms with Gasteiger partial charge in [0.2, 0.25) is 5.91 Å². The molecule has 0 atom stereocenters. The van der Waals surface area contributed by atoms with Gasteiger partial charge in [0.15, 0.2) is 5.16 Å². The van der Waals surface area contributed by atoms with Crippen LogP contribution in [-0.4, -0.2) is 21.2 Å². The lowest BCUT2D eigenvalue weighted by Crippen LogP contribution is -2.22. The monoisotopic (exact) mass is 479 g/mol. The van der Waals surface area contributed by atoms with E-state index in [0.717, 1.165) is 11.8 Å². The molecule has 5 nitrogen and oxygen atoms in total. The van der Waals surface area contributed by atoms with Crippen LogP contribution in [0.25, 0.3) is 15.9 Å². The van der Waals surface area contributed by atoms with Gasteiger partial charge < -0.3 is 5.32 Å². The first-order valence-corrected chi connectivity index (χ1v) is 11.2. The fourth-order valence-electron chi connectivity index (χ4n) is 2.73. The summed E-state index contributed by atoms with van der Waals surface area (Å²) in [6, 6.07) is 12.5. The van der Waals surface area contributed by atoms with Gasteiger partial charge in [-0.25, -0.2) is 9.37 Å². The van der Waals surface area contributed by atoms with Crippen LogP contribution in [-0.2, 0) is 4.79 Å². The first kappa shape index (κ1) is 20.9. The molecule has 10 heteroatoms. The van der Waals surface area contributed by atoms with Gasteiger partial charge in [-0.2, -0.15) is 0 Å². The van der Waals surface area contributed by atoms with Crippen LogP contribution in [0.15, 0.2) is 63.9 Å². The molecule has 152 valence electrons. The Morgan fingerprint density at radius 2 is 2.03 bits per heavy atom. The number of thioether (sulfide) groups is 1. The average Bonchev–Trinajstić information content (AvgIpc) is 3.18. The van der Waals surface area contributed by atoms with Crippen molar-refractivity contribution >= 4 is 68.1 Å². The van der Waals surface area contributed by atoms with E-state index in [1.165, 1.54) is 34.1 Å². The highest BCUT2D eigenvalue weighted by atomic mass is 35.5. The van der Waals surface area contributed by atoms with Crippen molar-refractivity contribution in [2.45, 2.75) is 5.16 Å². The quantitative estimate of drug-likeness (QED) is 0.297. The lowest BCUT2D eigenvalue weighted by molar-refractivity contribution is -0.113. The molecule has 2 heterocycles. The Morgan fingerprint density at radius 3 is 2.80 bits per heavy atom. The van der Waals surface area contributed by atoms with Gasteiger partial charge in [-0.05, 0) is 47.8 Å². The summed E-state index contributed by atoms with van der Waals surface area (Å²) in [6.45, 7) is 0. The third-order valence-corrected chi connectivity index (χ3v) is 6.41. The zero-order valence-corrected chi connectivity index (χ0v) is 18.2. The number of halogens is 3. The number of carbonyl (C=O) groups is 1. The molecule has 2 aromatic heterocycles. The van der Waals surface area contributed by atoms with Crippen LogP contribution >= 0.6 is 46.3 Å². The molecule has 0 unspecified atom stereocenters. The van der Waals surface area contributed by atoms with Gasteiger partial charge in [-0.3, -0.25) is 14.2 Å². The predicted octanol–water partition coefficient (Wildman–Crippen LogP) is 5.62. The number of nitrogens with zero attached hydrogens (tertiary/aromatic N) is 2. The number of benzene rings is 2. The van der Waals surface area contributed by atoms with Crippen LogP contribution in [0.1, 0.15) is 0 Å². The summed E-state index contributed by atoms with van der Waals surface area (Å²) in [6.07, 6.45) is 0. The van der Waals surface area contributed by atoms with Crippen molar-refractivity contribution in [2.24, 2.45) is 0 Å². The van der Waals surface area contributed by atoms with E-state index < -0.39 is 5.82 Å². The highest BCUT2D eigenvalue weighted by Crippen LogP contribution is 2.25. The first-order chi connectivity index (χ1) is 14.4. The fourth-order valence-corrected chi connectivity index (χ4v) is 4.67. The number of fused-ring (bicyclic) bond motifs is 1. The molecular formula is C20H12Cl2FN3O2S2. The summed E-state index contributed by atoms with van der Waals surface area (Å²) in [7, 11) is 0. The van der Waals surface area contributed by atoms with Crippen LogP contribution in [0, 0.1) is 5.82 Å². The first-order valence-electron chi connectivity index (χ1n) is 8.56. The second kappa shape index (κ2) is 8.77. The van der Waals surface area contributed by atoms with Crippen molar-refractivity contribution in [1.29, 1.82) is 0 Å². The van der Waals surface area contributed by atoms with Gasteiger partial charge >= 0.3 is 0 Å². The average molecular weight is 480 g/mol. The van der Waals surface area contributed by atoms with E-state index in [1.54, 1.807) is 35.7 Å². The smallest absolute Gasteiger partial charge is 0.276 e. The third kappa shape index (κ3) is 4.37. The van der Waals surface area contributed by atoms with E-state index in [2.05, 4.69) is 10.3 Å². The minimum absolute atomic E-state index is 0.0162. The molecule has 0 aliphatic rings. The highest BCUT2D eigenvalue weighted by Gasteiger charge is 2.16. The second-order valence-electron chi connectivity index (χ2n) is 6.12. The number of nitrogens with one attached hydrogen (secondary N) is 1. The summed E-state index contributed by atoms with van der Waals surface area (Å²) in [5.41, 5.74) is 1.27. The zero-order chi connectivity index (χ0) is 21.3. The number of amides is 1. The molecule has 0 saturated carbocycles. The van der Waals surface area contributed by atoms with Crippen LogP contribution in [0.4, 0.5) is 10.1 Å². The van der Waals surface area contributed by atoms with Crippen LogP contribution in [0.2, 0.25) is 10.0 Å². The Hall–Kier alpha value is -2.39. The molecule has 1 N–H and O–H groups in total. The molecule has 2 aromatic carbocycles. The molecule has 0 fully saturated rings. The number of hydrogen-bond donors (Lipinski definition) is 1. The molecule has 0 bridgehead atoms. The standard InChI is InChI=1S/C20H12Cl2FN3O2S2/c21-11-2-1-3-13(8-11)26-19(28)18-16(6-7-29-18)25-20(26)30-10-17(27)24-12-4-5-15(23)14(22)9-12/h1-9H,10H2,(H,24,27). The number of hydrogen-bond acceptors (Lipinski definition) is 5. The molecule has 4 aromatic rings. The van der Waals surface area contributed by atoms with Crippen molar-refractivity contribution in [3.63, 3.8) is 0 Å². The Balaban J connectivity index is 1.63. The predicted molar refractivity (Wildman–Crippen MR) is 121 cm³/mol. The van der Waals surface area contributed by atoms with E-state index in [0.29, 0.717) is 31.8 Å². The fraction of sp³-hybridized carbons (Fsp3) is 0.0500. The Bertz CT molecular complexity index is 1320. The largest absolute Gasteiger partial charge is 0.325 e. The molecule has 0 aliphatic heterocycles. The van der Waals surface area contributed by atoms with Gasteiger partial charge in [0, 0.05) is 10.7 Å². The lowest BCUT2D eigenvalue weighted by atomic mass is 10.3. The van der Waals surface area contributed by atoms with Crippen molar-refractivity contribution in [3.05, 3.63) is 80.1 Å². The third-order valence-electron chi connectivity index (χ3n) is 4.05. The lowest BCUT2D eigenvalue weighted by Gasteiger charge is -2.12. The molecule has 0 radical (unpaired) electrons. The minimum Gasteiger partial charge on any atom is -0.325 e. The van der Waals surface area contributed by atoms with Crippen LogP contribution in [0.5, 0.6) is 0 Å². The minimum atomic E-state index is -0.567. The van der Waals surface area contributed by atoms with Crippen molar-refractivity contribution in [2.75, 3.05) is 11.1 Å². The van der Waals surface area contributed by atoms with Gasteiger partial charge in [0.05, 0.1) is 22.0 Å². The van der Waals surface area contributed by atoms with Crippen molar-refractivity contribution in [1.82, 2.24) is 9.55 Å². The summed E-state index contributed by atoms with van der Waals surface area (Å²) >= 11 is 14.3. The van der Waals surface area contributed by atoms with Gasteiger partial charge in [0.25, 0.3) is 5.56 Å². The zero-order valence-electron chi connectivity index (χ0n) is 15.1. The maximum absolute atomic E-state index is 13.3. The summed E-state index contributed by atoms with van der Waals surface area (Å²) < 4.78 is 15.2. The molecule has 30 heavy (non-hydrogen) atoms. The normalized spacial score (nSPS) is 11.0. The van der Waals surface area contributed by atoms with Gasteiger partial charge in [0.1, 0.15) is 10.5 Å². The van der Waals surface area contributed by atoms with E-state index in [-0.39, 0.29) is 22.2 Å². The maximum atomic E-state index is 13.3. The Morgan fingerprint density at radius 1 is 1.20 bits per heavy atom. The van der Waals surface area contributed by atoms with E-state index >= 15 is 0 Å². The van der Waals surface area contributed by atoms with Crippen molar-refractivity contribution < 1.29 is 9.18 Å². The van der Waals surface area contributed by atoms with Crippen molar-refractivity contribution in [3.8, 4) is 5.69 Å². The Kier molecular flexibility index (Phi) is 6.10. The molecule has 1 amide bonds. The van der Waals surface area contributed by atoms with Gasteiger partial charge in [-0.15, -0.1) is 11.3 Å². The van der Waals surface area contributed by atoms with Gasteiger partial charge in [-0.1, -0.05) is 41.0 Å². The number of thiophene rings is 1. The highest BCUT2D eigenvalue weighted by molar-refractivity contribution is 7.99. The van der Waals surface area contributed by atoms with E-state index in [4.69, 9.17) is 23.2 Å². The topological polar surface area (TPSA) is 64.0 Å². The van der Waals surface area contributed by atoms with Crippen LogP contribution in [0.3, 0.4) is 0 Å². The SMILES string of the molecule is O=C(CSc1nc2ccsc2c(=O)n1-c1cccc(Cl)c1)Nc1ccc(F)c(Cl)c1. The number of aromatic nitrogens is 2. The van der Waals surface area contributed by atoms with E-state index in [1.807, 2.05) is 0 Å². The summed E-state index contributed by atoms with van der Waals surface area (Å²) in [4.78, 5) is 30.0. The number of anilines is 1. The molecule has 0 aliphatic carbocycles. The number of carbonyl (C=O) groups excluding carboxylic acids is 1. The van der Waals surface area contributed by atoms with Crippen LogP contribution < -0.4 is 10.9 Å². The molecule has 0 spiro atoms.